The van der Waals surface area contributed by atoms with Crippen LogP contribution in [0.4, 0.5) is 5.69 Å². The van der Waals surface area contributed by atoms with E-state index in [4.69, 9.17) is 10.5 Å². The molecular weight excluding hydrogens is 244 g/mol. The minimum Gasteiger partial charge on any atom is -0.462 e. The van der Waals surface area contributed by atoms with Crippen LogP contribution in [0.2, 0.25) is 0 Å². The van der Waals surface area contributed by atoms with Crippen molar-refractivity contribution >= 4 is 17.6 Å². The first-order valence-corrected chi connectivity index (χ1v) is 6.42. The van der Waals surface area contributed by atoms with Gasteiger partial charge in [0.2, 0.25) is 5.91 Å². The highest BCUT2D eigenvalue weighted by atomic mass is 16.5. The molecule has 1 rings (SSSR count). The first-order valence-electron chi connectivity index (χ1n) is 6.42. The SMILES string of the molecule is CCCC(N)C(=O)Nc1ccccc1C(=O)OCC. The Balaban J connectivity index is 2.83. The van der Waals surface area contributed by atoms with Crippen molar-refractivity contribution in [2.24, 2.45) is 5.73 Å². The van der Waals surface area contributed by atoms with Crippen LogP contribution in [0.1, 0.15) is 37.0 Å². The van der Waals surface area contributed by atoms with Crippen molar-refractivity contribution in [3.8, 4) is 0 Å². The van der Waals surface area contributed by atoms with E-state index in [-0.39, 0.29) is 12.5 Å². The van der Waals surface area contributed by atoms with E-state index >= 15 is 0 Å². The van der Waals surface area contributed by atoms with Crippen LogP contribution in [-0.2, 0) is 9.53 Å². The number of rotatable bonds is 6. The van der Waals surface area contributed by atoms with Crippen LogP contribution in [0.25, 0.3) is 0 Å². The summed E-state index contributed by atoms with van der Waals surface area (Å²) in [6.45, 7) is 3.98. The van der Waals surface area contributed by atoms with Crippen molar-refractivity contribution in [2.45, 2.75) is 32.7 Å². The number of carbonyl (C=O) groups is 2. The van der Waals surface area contributed by atoms with Crippen molar-refractivity contribution in [2.75, 3.05) is 11.9 Å². The molecule has 104 valence electrons. The predicted octanol–water partition coefficient (Wildman–Crippen LogP) is 1.93. The smallest absolute Gasteiger partial charge is 0.340 e. The average Bonchev–Trinajstić information content (AvgIpc) is 2.39. The van der Waals surface area contributed by atoms with Gasteiger partial charge >= 0.3 is 5.97 Å². The monoisotopic (exact) mass is 264 g/mol. The van der Waals surface area contributed by atoms with E-state index in [0.717, 1.165) is 6.42 Å². The van der Waals surface area contributed by atoms with E-state index in [9.17, 15) is 9.59 Å². The van der Waals surface area contributed by atoms with Gasteiger partial charge in [-0.1, -0.05) is 25.5 Å². The molecule has 19 heavy (non-hydrogen) atoms. The highest BCUT2D eigenvalue weighted by Crippen LogP contribution is 2.16. The first-order chi connectivity index (χ1) is 9.10. The first kappa shape index (κ1) is 15.2. The lowest BCUT2D eigenvalue weighted by molar-refractivity contribution is -0.117. The van der Waals surface area contributed by atoms with Crippen LogP contribution >= 0.6 is 0 Å². The quantitative estimate of drug-likeness (QED) is 0.769. The van der Waals surface area contributed by atoms with Crippen LogP contribution in [-0.4, -0.2) is 24.5 Å². The highest BCUT2D eigenvalue weighted by Gasteiger charge is 2.17. The van der Waals surface area contributed by atoms with Crippen LogP contribution < -0.4 is 11.1 Å². The summed E-state index contributed by atoms with van der Waals surface area (Å²) in [5, 5.41) is 2.67. The maximum Gasteiger partial charge on any atom is 0.340 e. The number of anilines is 1. The van der Waals surface area contributed by atoms with Gasteiger partial charge in [0.25, 0.3) is 0 Å². The molecule has 5 heteroatoms. The summed E-state index contributed by atoms with van der Waals surface area (Å²) in [6, 6.07) is 6.15. The van der Waals surface area contributed by atoms with Crippen molar-refractivity contribution in [3.63, 3.8) is 0 Å². The van der Waals surface area contributed by atoms with Gasteiger partial charge in [0.05, 0.1) is 23.9 Å². The molecule has 0 aliphatic rings. The van der Waals surface area contributed by atoms with Gasteiger partial charge in [-0.3, -0.25) is 4.79 Å². The number of carbonyl (C=O) groups excluding carboxylic acids is 2. The Morgan fingerprint density at radius 1 is 1.32 bits per heavy atom. The maximum absolute atomic E-state index is 11.8. The number of hydrogen-bond acceptors (Lipinski definition) is 4. The summed E-state index contributed by atoms with van der Waals surface area (Å²) in [6.07, 6.45) is 1.43. The molecule has 0 aliphatic heterocycles. The number of ether oxygens (including phenoxy) is 1. The van der Waals surface area contributed by atoms with E-state index in [0.29, 0.717) is 17.7 Å². The lowest BCUT2D eigenvalue weighted by Gasteiger charge is -2.13. The second-order valence-corrected chi connectivity index (χ2v) is 4.15. The molecule has 0 saturated heterocycles. The zero-order valence-corrected chi connectivity index (χ0v) is 11.3. The molecule has 3 N–H and O–H groups in total. The van der Waals surface area contributed by atoms with Crippen molar-refractivity contribution < 1.29 is 14.3 Å². The standard InChI is InChI=1S/C14H20N2O3/c1-3-7-11(15)13(17)16-12-9-6-5-8-10(12)14(18)19-4-2/h5-6,8-9,11H,3-4,7,15H2,1-2H3,(H,16,17). The molecule has 0 saturated carbocycles. The zero-order valence-electron chi connectivity index (χ0n) is 11.3. The fourth-order valence-electron chi connectivity index (χ4n) is 1.65. The molecule has 1 aromatic rings. The third-order valence-corrected chi connectivity index (χ3v) is 2.62. The molecule has 0 spiro atoms. The summed E-state index contributed by atoms with van der Waals surface area (Å²) in [5.74, 6) is -0.749. The van der Waals surface area contributed by atoms with E-state index in [1.54, 1.807) is 31.2 Å². The maximum atomic E-state index is 11.8. The zero-order chi connectivity index (χ0) is 14.3. The van der Waals surface area contributed by atoms with Crippen LogP contribution in [0.5, 0.6) is 0 Å². The normalized spacial score (nSPS) is 11.7. The molecule has 1 atom stereocenters. The van der Waals surface area contributed by atoms with Gasteiger partial charge in [-0.15, -0.1) is 0 Å². The summed E-state index contributed by atoms with van der Waals surface area (Å²) in [5.41, 5.74) is 6.50. The van der Waals surface area contributed by atoms with Gasteiger partial charge in [-0.2, -0.15) is 0 Å². The topological polar surface area (TPSA) is 81.4 Å². The number of benzene rings is 1. The molecule has 0 heterocycles. The second kappa shape index (κ2) is 7.53. The highest BCUT2D eigenvalue weighted by molar-refractivity contribution is 6.02. The largest absolute Gasteiger partial charge is 0.462 e. The Morgan fingerprint density at radius 2 is 2.00 bits per heavy atom. The summed E-state index contributed by atoms with van der Waals surface area (Å²) < 4.78 is 4.94. The third-order valence-electron chi connectivity index (χ3n) is 2.62. The molecular formula is C14H20N2O3. The van der Waals surface area contributed by atoms with Gasteiger partial charge in [0, 0.05) is 0 Å². The Kier molecular flexibility index (Phi) is 6.02. The lowest BCUT2D eigenvalue weighted by Crippen LogP contribution is -2.35. The van der Waals surface area contributed by atoms with E-state index < -0.39 is 12.0 Å². The Bertz CT molecular complexity index is 446. The number of nitrogens with two attached hydrogens (primary N) is 1. The molecule has 0 aliphatic carbocycles. The predicted molar refractivity (Wildman–Crippen MR) is 73.9 cm³/mol. The molecule has 5 nitrogen and oxygen atoms in total. The third kappa shape index (κ3) is 4.37. The molecule has 0 radical (unpaired) electrons. The Morgan fingerprint density at radius 3 is 2.63 bits per heavy atom. The summed E-state index contributed by atoms with van der Waals surface area (Å²) >= 11 is 0. The van der Waals surface area contributed by atoms with Gasteiger partial charge in [0.1, 0.15) is 0 Å². The molecule has 0 fully saturated rings. The summed E-state index contributed by atoms with van der Waals surface area (Å²) in [4.78, 5) is 23.6. The minimum absolute atomic E-state index is 0.288. The van der Waals surface area contributed by atoms with Gasteiger partial charge in [-0.25, -0.2) is 4.79 Å². The number of para-hydroxylation sites is 1. The Labute approximate surface area is 113 Å². The number of esters is 1. The fourth-order valence-corrected chi connectivity index (χ4v) is 1.65. The van der Waals surface area contributed by atoms with Crippen LogP contribution in [0.3, 0.4) is 0 Å². The number of amides is 1. The average molecular weight is 264 g/mol. The molecule has 1 amide bonds. The van der Waals surface area contributed by atoms with Crippen molar-refractivity contribution in [1.29, 1.82) is 0 Å². The minimum atomic E-state index is -0.569. The molecule has 1 unspecified atom stereocenters. The van der Waals surface area contributed by atoms with Crippen LogP contribution in [0.15, 0.2) is 24.3 Å². The summed E-state index contributed by atoms with van der Waals surface area (Å²) in [7, 11) is 0. The van der Waals surface area contributed by atoms with Crippen molar-refractivity contribution in [3.05, 3.63) is 29.8 Å². The van der Waals surface area contributed by atoms with E-state index in [2.05, 4.69) is 5.32 Å². The van der Waals surface area contributed by atoms with Gasteiger partial charge < -0.3 is 15.8 Å². The Hall–Kier alpha value is -1.88. The van der Waals surface area contributed by atoms with Gasteiger partial charge in [-0.05, 0) is 25.5 Å². The van der Waals surface area contributed by atoms with Crippen molar-refractivity contribution in [1.82, 2.24) is 0 Å². The number of nitrogens with one attached hydrogen (secondary N) is 1. The second-order valence-electron chi connectivity index (χ2n) is 4.15. The van der Waals surface area contributed by atoms with E-state index in [1.165, 1.54) is 0 Å². The lowest BCUT2D eigenvalue weighted by atomic mass is 10.1. The molecule has 1 aromatic carbocycles. The number of hydrogen-bond donors (Lipinski definition) is 2. The van der Waals surface area contributed by atoms with E-state index in [1.807, 2.05) is 6.92 Å². The molecule has 0 aromatic heterocycles. The fraction of sp³-hybridized carbons (Fsp3) is 0.429. The van der Waals surface area contributed by atoms with Crippen LogP contribution in [0, 0.1) is 0 Å². The molecule has 0 bridgehead atoms. The van der Waals surface area contributed by atoms with Gasteiger partial charge in [0.15, 0.2) is 0 Å².